The Morgan fingerprint density at radius 1 is 1.21 bits per heavy atom. The highest BCUT2D eigenvalue weighted by molar-refractivity contribution is 14.0. The van der Waals surface area contributed by atoms with Gasteiger partial charge in [0.1, 0.15) is 11.9 Å². The van der Waals surface area contributed by atoms with Gasteiger partial charge in [-0.15, -0.1) is 24.0 Å². The molecule has 3 rings (SSSR count). The molecule has 2 aliphatic rings. The molecule has 158 valence electrons. The zero-order chi connectivity index (χ0) is 19.1. The Morgan fingerprint density at radius 2 is 1.93 bits per heavy atom. The maximum absolute atomic E-state index is 6.00. The topological polar surface area (TPSA) is 48.9 Å². The number of piperidine rings is 1. The Hall–Kier alpha value is -1.02. The van der Waals surface area contributed by atoms with E-state index in [0.29, 0.717) is 6.04 Å². The van der Waals surface area contributed by atoms with Gasteiger partial charge in [0.05, 0.1) is 6.54 Å². The molecule has 2 fully saturated rings. The van der Waals surface area contributed by atoms with Crippen LogP contribution in [-0.4, -0.2) is 55.7 Å². The van der Waals surface area contributed by atoms with E-state index in [2.05, 4.69) is 46.5 Å². The van der Waals surface area contributed by atoms with Crippen molar-refractivity contribution in [1.29, 1.82) is 0 Å². The first-order valence-corrected chi connectivity index (χ1v) is 10.6. The minimum Gasteiger partial charge on any atom is -0.489 e. The lowest BCUT2D eigenvalue weighted by atomic mass is 10.0. The van der Waals surface area contributed by atoms with Crippen LogP contribution >= 0.6 is 24.0 Å². The third-order valence-corrected chi connectivity index (χ3v) is 5.82. The van der Waals surface area contributed by atoms with Gasteiger partial charge in [-0.1, -0.05) is 25.0 Å². The molecule has 1 heterocycles. The molecule has 28 heavy (non-hydrogen) atoms. The molecule has 5 nitrogen and oxygen atoms in total. The number of hydrogen-bond acceptors (Lipinski definition) is 3. The molecule has 0 radical (unpaired) electrons. The van der Waals surface area contributed by atoms with Crippen molar-refractivity contribution >= 4 is 29.9 Å². The van der Waals surface area contributed by atoms with Crippen molar-refractivity contribution in [2.45, 2.75) is 70.6 Å². The van der Waals surface area contributed by atoms with Crippen LogP contribution in [0, 0.1) is 6.92 Å². The van der Waals surface area contributed by atoms with Gasteiger partial charge in [-0.05, 0) is 57.2 Å². The van der Waals surface area contributed by atoms with Crippen molar-refractivity contribution in [1.82, 2.24) is 15.5 Å². The van der Waals surface area contributed by atoms with E-state index in [1.807, 2.05) is 19.2 Å². The molecule has 0 aromatic heterocycles. The monoisotopic (exact) mass is 500 g/mol. The lowest BCUT2D eigenvalue weighted by Crippen LogP contribution is -2.51. The zero-order valence-electron chi connectivity index (χ0n) is 17.6. The number of nitrogens with zero attached hydrogens (tertiary/aromatic N) is 2. The molecule has 1 atom stereocenters. The van der Waals surface area contributed by atoms with Crippen molar-refractivity contribution in [3.8, 4) is 5.75 Å². The number of aliphatic imine (C=N–C) groups is 1. The first kappa shape index (κ1) is 23.3. The molecular formula is C22H37IN4O. The largest absolute Gasteiger partial charge is 0.489 e. The van der Waals surface area contributed by atoms with Gasteiger partial charge < -0.3 is 20.3 Å². The number of aryl methyl sites for hydroxylation is 1. The molecule has 0 amide bonds. The van der Waals surface area contributed by atoms with Gasteiger partial charge in [0.15, 0.2) is 5.96 Å². The van der Waals surface area contributed by atoms with E-state index in [4.69, 9.17) is 4.74 Å². The number of nitrogens with one attached hydrogen (secondary N) is 2. The normalized spacial score (nSPS) is 20.5. The fraction of sp³-hybridized carbons (Fsp3) is 0.682. The van der Waals surface area contributed by atoms with Gasteiger partial charge in [-0.25, -0.2) is 0 Å². The minimum atomic E-state index is 0. The molecular weight excluding hydrogens is 463 g/mol. The Kier molecular flexibility index (Phi) is 9.85. The van der Waals surface area contributed by atoms with Crippen LogP contribution in [0.5, 0.6) is 5.75 Å². The molecule has 0 bridgehead atoms. The van der Waals surface area contributed by atoms with Gasteiger partial charge in [-0.3, -0.25) is 4.99 Å². The number of hydrogen-bond donors (Lipinski definition) is 2. The molecule has 0 spiro atoms. The highest BCUT2D eigenvalue weighted by atomic mass is 127. The second-order valence-corrected chi connectivity index (χ2v) is 8.09. The first-order valence-electron chi connectivity index (χ1n) is 10.6. The number of ether oxygens (including phenoxy) is 1. The molecule has 1 aromatic rings. The summed E-state index contributed by atoms with van der Waals surface area (Å²) in [5.74, 6) is 1.81. The molecule has 1 unspecified atom stereocenters. The number of benzene rings is 1. The lowest BCUT2D eigenvalue weighted by Gasteiger charge is -2.36. The van der Waals surface area contributed by atoms with E-state index in [9.17, 15) is 0 Å². The van der Waals surface area contributed by atoms with E-state index in [1.54, 1.807) is 0 Å². The van der Waals surface area contributed by atoms with Crippen molar-refractivity contribution in [2.24, 2.45) is 4.99 Å². The van der Waals surface area contributed by atoms with E-state index in [-0.39, 0.29) is 30.1 Å². The summed E-state index contributed by atoms with van der Waals surface area (Å²) in [6, 6.07) is 9.56. The number of guanidine groups is 1. The summed E-state index contributed by atoms with van der Waals surface area (Å²) in [6.07, 6.45) is 8.12. The molecule has 1 saturated heterocycles. The first-order chi connectivity index (χ1) is 13.1. The summed E-state index contributed by atoms with van der Waals surface area (Å²) in [7, 11) is 1.84. The van der Waals surface area contributed by atoms with Crippen LogP contribution in [0.1, 0.15) is 51.0 Å². The van der Waals surface area contributed by atoms with Gasteiger partial charge in [0.25, 0.3) is 0 Å². The van der Waals surface area contributed by atoms with Gasteiger partial charge >= 0.3 is 0 Å². The summed E-state index contributed by atoms with van der Waals surface area (Å²) in [5, 5.41) is 7.02. The summed E-state index contributed by atoms with van der Waals surface area (Å²) < 4.78 is 6.00. The predicted molar refractivity (Wildman–Crippen MR) is 128 cm³/mol. The smallest absolute Gasteiger partial charge is 0.191 e. The predicted octanol–water partition coefficient (Wildman–Crippen LogP) is 3.95. The summed E-state index contributed by atoms with van der Waals surface area (Å²) in [5.41, 5.74) is 1.22. The second-order valence-electron chi connectivity index (χ2n) is 8.09. The Bertz CT molecular complexity index is 610. The van der Waals surface area contributed by atoms with Crippen LogP contribution in [0.2, 0.25) is 0 Å². The van der Waals surface area contributed by atoms with Crippen LogP contribution in [0.4, 0.5) is 0 Å². The van der Waals surface area contributed by atoms with Gasteiger partial charge in [0, 0.05) is 32.2 Å². The van der Waals surface area contributed by atoms with E-state index >= 15 is 0 Å². The molecule has 1 aromatic carbocycles. The van der Waals surface area contributed by atoms with Crippen molar-refractivity contribution in [3.63, 3.8) is 0 Å². The maximum atomic E-state index is 6.00. The summed E-state index contributed by atoms with van der Waals surface area (Å²) in [4.78, 5) is 7.10. The fourth-order valence-electron chi connectivity index (χ4n) is 4.27. The molecule has 1 aliphatic carbocycles. The maximum Gasteiger partial charge on any atom is 0.191 e. The van der Waals surface area contributed by atoms with Crippen LogP contribution in [0.25, 0.3) is 0 Å². The summed E-state index contributed by atoms with van der Waals surface area (Å²) >= 11 is 0. The number of halogens is 1. The molecule has 1 aliphatic heterocycles. The third kappa shape index (κ3) is 7.10. The van der Waals surface area contributed by atoms with Gasteiger partial charge in [0.2, 0.25) is 0 Å². The lowest BCUT2D eigenvalue weighted by molar-refractivity contribution is 0.150. The van der Waals surface area contributed by atoms with E-state index < -0.39 is 0 Å². The minimum absolute atomic E-state index is 0. The molecule has 2 N–H and O–H groups in total. The standard InChI is InChI=1S/C22H36N4O.HI/c1-17-7-6-10-21(15-17)27-18(2)16-24-22(23-3)25-19-11-13-26(14-12-19)20-8-4-5-9-20;/h6-7,10,15,18-20H,4-5,8-9,11-14,16H2,1-3H3,(H2,23,24,25);1H. The van der Waals surface area contributed by atoms with Crippen LogP contribution < -0.4 is 15.4 Å². The highest BCUT2D eigenvalue weighted by Crippen LogP contribution is 2.26. The Balaban J connectivity index is 0.00000280. The highest BCUT2D eigenvalue weighted by Gasteiger charge is 2.27. The molecule has 6 heteroatoms. The zero-order valence-corrected chi connectivity index (χ0v) is 19.9. The fourth-order valence-corrected chi connectivity index (χ4v) is 4.27. The molecule has 1 saturated carbocycles. The van der Waals surface area contributed by atoms with Crippen LogP contribution in [0.15, 0.2) is 29.3 Å². The average molecular weight is 500 g/mol. The van der Waals surface area contributed by atoms with Crippen LogP contribution in [-0.2, 0) is 0 Å². The Morgan fingerprint density at radius 3 is 2.57 bits per heavy atom. The third-order valence-electron chi connectivity index (χ3n) is 5.82. The quantitative estimate of drug-likeness (QED) is 0.353. The van der Waals surface area contributed by atoms with Crippen LogP contribution in [0.3, 0.4) is 0 Å². The van der Waals surface area contributed by atoms with Crippen molar-refractivity contribution in [3.05, 3.63) is 29.8 Å². The van der Waals surface area contributed by atoms with E-state index in [0.717, 1.165) is 24.3 Å². The van der Waals surface area contributed by atoms with Gasteiger partial charge in [-0.2, -0.15) is 0 Å². The van der Waals surface area contributed by atoms with Crippen molar-refractivity contribution < 1.29 is 4.74 Å². The van der Waals surface area contributed by atoms with Crippen molar-refractivity contribution in [2.75, 3.05) is 26.7 Å². The average Bonchev–Trinajstić information content (AvgIpc) is 3.20. The van der Waals surface area contributed by atoms with E-state index in [1.165, 1.54) is 57.2 Å². The Labute approximate surface area is 187 Å². The second kappa shape index (κ2) is 11.9. The SMILES string of the molecule is CN=C(NCC(C)Oc1cccc(C)c1)NC1CCN(C2CCCC2)CC1.I. The number of rotatable bonds is 6. The summed E-state index contributed by atoms with van der Waals surface area (Å²) in [6.45, 7) is 7.33. The number of likely N-dealkylation sites (tertiary alicyclic amines) is 1.